The minimum atomic E-state index is 0.855. The topological polar surface area (TPSA) is 20.5 Å². The average Bonchev–Trinajstić information content (AvgIpc) is 2.93. The molecule has 3 nitrogen and oxygen atoms in total. The Morgan fingerprint density at radius 3 is 2.52 bits per heavy atom. The highest BCUT2D eigenvalue weighted by molar-refractivity contribution is 5.87. The van der Waals surface area contributed by atoms with Crippen molar-refractivity contribution in [1.29, 1.82) is 0 Å². The molecular formula is C20H19N3. The monoisotopic (exact) mass is 301 g/mol. The molecular weight excluding hydrogens is 282 g/mol. The molecule has 0 atom stereocenters. The molecule has 0 unspecified atom stereocenters. The number of fused-ring (bicyclic) bond motifs is 2. The molecule has 0 spiro atoms. The molecule has 0 saturated carbocycles. The summed E-state index contributed by atoms with van der Waals surface area (Å²) >= 11 is 0. The first kappa shape index (κ1) is 14.0. The van der Waals surface area contributed by atoms with Gasteiger partial charge in [0, 0.05) is 18.3 Å². The molecule has 0 bridgehead atoms. The van der Waals surface area contributed by atoms with E-state index in [2.05, 4.69) is 84.2 Å². The maximum atomic E-state index is 4.88. The summed E-state index contributed by atoms with van der Waals surface area (Å²) < 4.78 is 2.19. The van der Waals surface area contributed by atoms with Crippen LogP contribution in [0.15, 0.2) is 66.9 Å². The number of imidazole rings is 1. The van der Waals surface area contributed by atoms with E-state index in [9.17, 15) is 0 Å². The molecule has 2 aromatic carbocycles. The first-order valence-electron chi connectivity index (χ1n) is 7.82. The predicted octanol–water partition coefficient (Wildman–Crippen LogP) is 4.22. The highest BCUT2D eigenvalue weighted by atomic mass is 15.1. The first-order valence-corrected chi connectivity index (χ1v) is 7.82. The standard InChI is InChI=1S/C20H19N3/c1-22(2)14-18-20(21-19-9-5-6-12-23(18)19)17-11-10-15-7-3-4-8-16(15)13-17/h3-13H,14H2,1-2H3. The van der Waals surface area contributed by atoms with E-state index in [1.807, 2.05) is 6.07 Å². The average molecular weight is 301 g/mol. The van der Waals surface area contributed by atoms with Crippen molar-refractivity contribution in [2.45, 2.75) is 6.54 Å². The lowest BCUT2D eigenvalue weighted by atomic mass is 10.0. The van der Waals surface area contributed by atoms with E-state index in [-0.39, 0.29) is 0 Å². The molecule has 23 heavy (non-hydrogen) atoms. The summed E-state index contributed by atoms with van der Waals surface area (Å²) in [5.74, 6) is 0. The van der Waals surface area contributed by atoms with Crippen molar-refractivity contribution in [2.75, 3.05) is 14.1 Å². The third-order valence-electron chi connectivity index (χ3n) is 4.12. The van der Waals surface area contributed by atoms with Crippen LogP contribution in [-0.4, -0.2) is 28.4 Å². The van der Waals surface area contributed by atoms with Gasteiger partial charge in [0.2, 0.25) is 0 Å². The zero-order chi connectivity index (χ0) is 15.8. The third kappa shape index (κ3) is 2.49. The van der Waals surface area contributed by atoms with Gasteiger partial charge in [-0.15, -0.1) is 0 Å². The second-order valence-corrected chi connectivity index (χ2v) is 6.14. The van der Waals surface area contributed by atoms with E-state index >= 15 is 0 Å². The maximum absolute atomic E-state index is 4.88. The minimum Gasteiger partial charge on any atom is -0.304 e. The number of aromatic nitrogens is 2. The molecule has 0 amide bonds. The van der Waals surface area contributed by atoms with Gasteiger partial charge in [-0.3, -0.25) is 0 Å². The Morgan fingerprint density at radius 1 is 0.913 bits per heavy atom. The molecule has 0 radical (unpaired) electrons. The summed E-state index contributed by atoms with van der Waals surface area (Å²) in [6.45, 7) is 0.855. The number of hydrogen-bond acceptors (Lipinski definition) is 2. The van der Waals surface area contributed by atoms with Crippen molar-refractivity contribution < 1.29 is 0 Å². The number of pyridine rings is 1. The largest absolute Gasteiger partial charge is 0.304 e. The van der Waals surface area contributed by atoms with E-state index in [0.29, 0.717) is 0 Å². The van der Waals surface area contributed by atoms with E-state index in [1.165, 1.54) is 22.0 Å². The second kappa shape index (κ2) is 5.52. The number of nitrogens with zero attached hydrogens (tertiary/aromatic N) is 3. The summed E-state index contributed by atoms with van der Waals surface area (Å²) in [4.78, 5) is 7.06. The van der Waals surface area contributed by atoms with E-state index < -0.39 is 0 Å². The van der Waals surface area contributed by atoms with Crippen molar-refractivity contribution in [3.05, 3.63) is 72.6 Å². The second-order valence-electron chi connectivity index (χ2n) is 6.14. The van der Waals surface area contributed by atoms with Crippen molar-refractivity contribution in [1.82, 2.24) is 14.3 Å². The van der Waals surface area contributed by atoms with Crippen LogP contribution in [0.1, 0.15) is 5.69 Å². The first-order chi connectivity index (χ1) is 11.2. The van der Waals surface area contributed by atoms with E-state index in [1.54, 1.807) is 0 Å². The number of hydrogen-bond donors (Lipinski definition) is 0. The fourth-order valence-corrected chi connectivity index (χ4v) is 3.06. The Hall–Kier alpha value is -2.65. The molecule has 0 N–H and O–H groups in total. The van der Waals surface area contributed by atoms with Crippen LogP contribution in [0.2, 0.25) is 0 Å². The quantitative estimate of drug-likeness (QED) is 0.565. The molecule has 4 rings (SSSR count). The summed E-state index contributed by atoms with van der Waals surface area (Å²) in [5.41, 5.74) is 4.45. The van der Waals surface area contributed by atoms with Crippen LogP contribution in [0.5, 0.6) is 0 Å². The smallest absolute Gasteiger partial charge is 0.137 e. The molecule has 114 valence electrons. The fourth-order valence-electron chi connectivity index (χ4n) is 3.06. The molecule has 3 heteroatoms. The number of benzene rings is 2. The lowest BCUT2D eigenvalue weighted by molar-refractivity contribution is 0.396. The van der Waals surface area contributed by atoms with Crippen LogP contribution < -0.4 is 0 Å². The Labute approximate surface area is 135 Å². The molecule has 0 saturated heterocycles. The third-order valence-corrected chi connectivity index (χ3v) is 4.12. The van der Waals surface area contributed by atoms with Crippen molar-refractivity contribution in [3.63, 3.8) is 0 Å². The Balaban J connectivity index is 1.95. The summed E-state index contributed by atoms with van der Waals surface area (Å²) in [7, 11) is 4.18. The molecule has 2 aromatic heterocycles. The van der Waals surface area contributed by atoms with Crippen LogP contribution in [0.4, 0.5) is 0 Å². The SMILES string of the molecule is CN(C)Cc1c(-c2ccc3ccccc3c2)nc2ccccn12. The van der Waals surface area contributed by atoms with Gasteiger partial charge in [-0.2, -0.15) is 0 Å². The predicted molar refractivity (Wildman–Crippen MR) is 95.5 cm³/mol. The summed E-state index contributed by atoms with van der Waals surface area (Å²) in [5, 5.41) is 2.51. The van der Waals surface area contributed by atoms with Gasteiger partial charge in [-0.1, -0.05) is 42.5 Å². The normalized spacial score (nSPS) is 11.6. The highest BCUT2D eigenvalue weighted by Crippen LogP contribution is 2.28. The van der Waals surface area contributed by atoms with Gasteiger partial charge >= 0.3 is 0 Å². The van der Waals surface area contributed by atoms with Crippen LogP contribution in [0.25, 0.3) is 27.7 Å². The molecule has 2 heterocycles. The number of rotatable bonds is 3. The van der Waals surface area contributed by atoms with Gasteiger partial charge in [0.25, 0.3) is 0 Å². The Morgan fingerprint density at radius 2 is 1.70 bits per heavy atom. The molecule has 4 aromatic rings. The van der Waals surface area contributed by atoms with Crippen LogP contribution in [0, 0.1) is 0 Å². The molecule has 0 aliphatic heterocycles. The van der Waals surface area contributed by atoms with Gasteiger partial charge < -0.3 is 9.30 Å². The zero-order valence-electron chi connectivity index (χ0n) is 13.4. The Bertz CT molecular complexity index is 982. The van der Waals surface area contributed by atoms with Gasteiger partial charge in [0.15, 0.2) is 0 Å². The maximum Gasteiger partial charge on any atom is 0.137 e. The lowest BCUT2D eigenvalue weighted by Gasteiger charge is -2.11. The van der Waals surface area contributed by atoms with Crippen molar-refractivity contribution >= 4 is 16.4 Å². The van der Waals surface area contributed by atoms with Crippen molar-refractivity contribution in [3.8, 4) is 11.3 Å². The van der Waals surface area contributed by atoms with E-state index in [4.69, 9.17) is 4.98 Å². The summed E-state index contributed by atoms with van der Waals surface area (Å²) in [6, 6.07) is 21.2. The fraction of sp³-hybridized carbons (Fsp3) is 0.150. The van der Waals surface area contributed by atoms with Gasteiger partial charge in [-0.05, 0) is 43.1 Å². The van der Waals surface area contributed by atoms with Crippen LogP contribution >= 0.6 is 0 Å². The highest BCUT2D eigenvalue weighted by Gasteiger charge is 2.14. The molecule has 0 fully saturated rings. The Kier molecular flexibility index (Phi) is 3.36. The van der Waals surface area contributed by atoms with Crippen LogP contribution in [0.3, 0.4) is 0 Å². The zero-order valence-corrected chi connectivity index (χ0v) is 13.4. The van der Waals surface area contributed by atoms with Gasteiger partial charge in [0.05, 0.1) is 11.4 Å². The van der Waals surface area contributed by atoms with Crippen molar-refractivity contribution in [2.24, 2.45) is 0 Å². The summed E-state index contributed by atoms with van der Waals surface area (Å²) in [6.07, 6.45) is 2.09. The molecule has 0 aliphatic carbocycles. The van der Waals surface area contributed by atoms with E-state index in [0.717, 1.165) is 17.9 Å². The minimum absolute atomic E-state index is 0.855. The van der Waals surface area contributed by atoms with Crippen LogP contribution in [-0.2, 0) is 6.54 Å². The molecule has 0 aliphatic rings. The van der Waals surface area contributed by atoms with Gasteiger partial charge in [0.1, 0.15) is 5.65 Å². The van der Waals surface area contributed by atoms with Gasteiger partial charge in [-0.25, -0.2) is 4.98 Å². The lowest BCUT2D eigenvalue weighted by Crippen LogP contribution is -2.13.